The van der Waals surface area contributed by atoms with Crippen LogP contribution in [-0.4, -0.2) is 31.4 Å². The summed E-state index contributed by atoms with van der Waals surface area (Å²) >= 11 is 0. The van der Waals surface area contributed by atoms with Gasteiger partial charge in [0.25, 0.3) is 0 Å². The molecule has 0 aromatic heterocycles. The second-order valence-electron chi connectivity index (χ2n) is 7.18. The minimum Gasteiger partial charge on any atom is -0.480 e. The highest BCUT2D eigenvalue weighted by Gasteiger charge is 2.28. The molecule has 0 aliphatic rings. The van der Waals surface area contributed by atoms with Crippen LogP contribution in [0.2, 0.25) is 0 Å². The molecule has 1 aromatic rings. The van der Waals surface area contributed by atoms with Gasteiger partial charge in [-0.15, -0.1) is 0 Å². The molecule has 25 heavy (non-hydrogen) atoms. The molecule has 0 saturated carbocycles. The minimum atomic E-state index is -4.07. The van der Waals surface area contributed by atoms with E-state index in [1.165, 1.54) is 0 Å². The van der Waals surface area contributed by atoms with Crippen LogP contribution >= 0.6 is 0 Å². The van der Waals surface area contributed by atoms with E-state index in [2.05, 4.69) is 4.72 Å². The molecule has 1 aromatic carbocycles. The third-order valence-corrected chi connectivity index (χ3v) is 5.65. The van der Waals surface area contributed by atoms with Crippen LogP contribution in [0.15, 0.2) is 17.0 Å². The maximum Gasteiger partial charge on any atom is 0.321 e. The molecular formula is C17H26N2O5S. The highest BCUT2D eigenvalue weighted by Crippen LogP contribution is 2.29. The van der Waals surface area contributed by atoms with Crippen LogP contribution in [-0.2, 0) is 25.0 Å². The van der Waals surface area contributed by atoms with Gasteiger partial charge < -0.3 is 10.8 Å². The third-order valence-electron chi connectivity index (χ3n) is 4.05. The van der Waals surface area contributed by atoms with Crippen LogP contribution in [0, 0.1) is 13.8 Å². The summed E-state index contributed by atoms with van der Waals surface area (Å²) in [4.78, 5) is 22.2. The zero-order chi connectivity index (χ0) is 19.6. The highest BCUT2D eigenvalue weighted by molar-refractivity contribution is 7.89. The molecule has 0 aliphatic heterocycles. The van der Waals surface area contributed by atoms with Gasteiger partial charge in [0.05, 0.1) is 4.90 Å². The maximum absolute atomic E-state index is 12.8. The summed E-state index contributed by atoms with van der Waals surface area (Å²) in [6.07, 6.45) is -0.430. The molecule has 1 rings (SSSR count). The zero-order valence-electron chi connectivity index (χ0n) is 15.2. The van der Waals surface area contributed by atoms with Crippen LogP contribution < -0.4 is 10.5 Å². The Labute approximate surface area is 148 Å². The lowest BCUT2D eigenvalue weighted by Crippen LogP contribution is -2.41. The molecule has 8 heteroatoms. The van der Waals surface area contributed by atoms with Crippen LogP contribution in [0.5, 0.6) is 0 Å². The smallest absolute Gasteiger partial charge is 0.321 e. The number of nitrogens with two attached hydrogens (primary N) is 1. The molecule has 0 spiro atoms. The largest absolute Gasteiger partial charge is 0.480 e. The first-order valence-electron chi connectivity index (χ1n) is 7.91. The number of aliphatic carboxylic acids is 1. The van der Waals surface area contributed by atoms with Crippen LogP contribution in [0.25, 0.3) is 0 Å². The highest BCUT2D eigenvalue weighted by atomic mass is 32.2. The molecule has 1 atom stereocenters. The number of carboxylic acids is 1. The number of carbonyl (C=O) groups excluding carboxylic acids is 1. The number of hydrogen-bond donors (Lipinski definition) is 3. The van der Waals surface area contributed by atoms with Crippen molar-refractivity contribution in [3.05, 3.63) is 28.8 Å². The van der Waals surface area contributed by atoms with Crippen molar-refractivity contribution in [1.82, 2.24) is 4.72 Å². The number of aryl methyl sites for hydroxylation is 1. The fourth-order valence-electron chi connectivity index (χ4n) is 2.31. The molecule has 140 valence electrons. The van der Waals surface area contributed by atoms with Gasteiger partial charge in [-0.3, -0.25) is 9.59 Å². The van der Waals surface area contributed by atoms with Gasteiger partial charge in [0.15, 0.2) is 0 Å². The fourth-order valence-corrected chi connectivity index (χ4v) is 3.88. The average Bonchev–Trinajstić information content (AvgIpc) is 2.44. The van der Waals surface area contributed by atoms with Gasteiger partial charge in [0.1, 0.15) is 6.04 Å². The Morgan fingerprint density at radius 3 is 2.24 bits per heavy atom. The lowest BCUT2D eigenvalue weighted by Gasteiger charge is -2.23. The summed E-state index contributed by atoms with van der Waals surface area (Å²) in [5.41, 5.74) is 6.95. The Morgan fingerprint density at radius 1 is 1.24 bits per heavy atom. The van der Waals surface area contributed by atoms with E-state index >= 15 is 0 Å². The van der Waals surface area contributed by atoms with Gasteiger partial charge in [-0.1, -0.05) is 26.8 Å². The second-order valence-corrected chi connectivity index (χ2v) is 8.87. The predicted molar refractivity (Wildman–Crippen MR) is 94.8 cm³/mol. The SMILES string of the molecule is Cc1cc(C(C)(C)C)cc(S(=O)(=O)N[C@H](CCC(N)=O)C(=O)O)c1C. The van der Waals surface area contributed by atoms with E-state index in [0.29, 0.717) is 5.56 Å². The average molecular weight is 370 g/mol. The van der Waals surface area contributed by atoms with Crippen molar-refractivity contribution in [1.29, 1.82) is 0 Å². The molecule has 1 amide bonds. The van der Waals surface area contributed by atoms with E-state index in [4.69, 9.17) is 5.73 Å². The van der Waals surface area contributed by atoms with Gasteiger partial charge >= 0.3 is 5.97 Å². The minimum absolute atomic E-state index is 0.0442. The van der Waals surface area contributed by atoms with E-state index < -0.39 is 27.9 Å². The molecule has 0 fully saturated rings. The Bertz CT molecular complexity index is 779. The van der Waals surface area contributed by atoms with Gasteiger partial charge in [0, 0.05) is 6.42 Å². The summed E-state index contributed by atoms with van der Waals surface area (Å²) in [6.45, 7) is 9.39. The van der Waals surface area contributed by atoms with Gasteiger partial charge in [-0.2, -0.15) is 4.72 Å². The monoisotopic (exact) mass is 370 g/mol. The normalized spacial score (nSPS) is 13.5. The number of benzene rings is 1. The summed E-state index contributed by atoms with van der Waals surface area (Å²) in [5.74, 6) is -2.04. The van der Waals surface area contributed by atoms with Gasteiger partial charge in [-0.05, 0) is 48.4 Å². The third kappa shape index (κ3) is 5.54. The zero-order valence-corrected chi connectivity index (χ0v) is 16.0. The van der Waals surface area contributed by atoms with E-state index in [1.807, 2.05) is 33.8 Å². The number of primary amides is 1. The molecule has 7 nitrogen and oxygen atoms in total. The molecule has 0 heterocycles. The van der Waals surface area contributed by atoms with Crippen molar-refractivity contribution < 1.29 is 23.1 Å². The summed E-state index contributed by atoms with van der Waals surface area (Å²) in [5, 5.41) is 9.23. The summed E-state index contributed by atoms with van der Waals surface area (Å²) < 4.78 is 27.7. The maximum atomic E-state index is 12.8. The first-order chi connectivity index (χ1) is 11.3. The first-order valence-corrected chi connectivity index (χ1v) is 9.39. The predicted octanol–water partition coefficient (Wildman–Crippen LogP) is 1.60. The number of carbonyl (C=O) groups is 2. The van der Waals surface area contributed by atoms with E-state index in [1.54, 1.807) is 13.0 Å². The number of sulfonamides is 1. The van der Waals surface area contributed by atoms with E-state index in [-0.39, 0.29) is 23.2 Å². The number of hydrogen-bond acceptors (Lipinski definition) is 4. The number of nitrogens with one attached hydrogen (secondary N) is 1. The Morgan fingerprint density at radius 2 is 1.80 bits per heavy atom. The van der Waals surface area contributed by atoms with Crippen molar-refractivity contribution in [2.24, 2.45) is 5.73 Å². The molecular weight excluding hydrogens is 344 g/mol. The molecule has 0 saturated heterocycles. The summed E-state index contributed by atoms with van der Waals surface area (Å²) in [6, 6.07) is 2.07. The van der Waals surface area contributed by atoms with Crippen LogP contribution in [0.1, 0.15) is 50.3 Å². The molecule has 0 unspecified atom stereocenters. The Hall–Kier alpha value is -1.93. The topological polar surface area (TPSA) is 127 Å². The second kappa shape index (κ2) is 7.53. The van der Waals surface area contributed by atoms with Crippen molar-refractivity contribution in [2.45, 2.75) is 63.8 Å². The molecule has 4 N–H and O–H groups in total. The van der Waals surface area contributed by atoms with Crippen LogP contribution in [0.3, 0.4) is 0 Å². The van der Waals surface area contributed by atoms with Crippen molar-refractivity contribution in [2.75, 3.05) is 0 Å². The van der Waals surface area contributed by atoms with E-state index in [0.717, 1.165) is 11.1 Å². The Kier molecular flexibility index (Phi) is 6.36. The number of amides is 1. The number of carboxylic acid groups (broad SMARTS) is 1. The van der Waals surface area contributed by atoms with Crippen molar-refractivity contribution >= 4 is 21.9 Å². The van der Waals surface area contributed by atoms with Crippen molar-refractivity contribution in [3.8, 4) is 0 Å². The number of rotatable bonds is 7. The van der Waals surface area contributed by atoms with E-state index in [9.17, 15) is 23.1 Å². The lowest BCUT2D eigenvalue weighted by atomic mass is 9.85. The standard InChI is InChI=1S/C17H26N2O5S/c1-10-8-12(17(3,4)5)9-14(11(10)2)25(23,24)19-13(16(21)22)6-7-15(18)20/h8-9,13,19H,6-7H2,1-5H3,(H2,18,20)(H,21,22)/t13-/m1/s1. The van der Waals surface area contributed by atoms with Crippen molar-refractivity contribution in [3.63, 3.8) is 0 Å². The van der Waals surface area contributed by atoms with Gasteiger partial charge in [0.2, 0.25) is 15.9 Å². The lowest BCUT2D eigenvalue weighted by molar-refractivity contribution is -0.139. The molecule has 0 radical (unpaired) electrons. The molecule has 0 bridgehead atoms. The summed E-state index contributed by atoms with van der Waals surface area (Å²) in [7, 11) is -4.07. The first kappa shape index (κ1) is 21.1. The van der Waals surface area contributed by atoms with Gasteiger partial charge in [-0.25, -0.2) is 8.42 Å². The quantitative estimate of drug-likeness (QED) is 0.672. The fraction of sp³-hybridized carbons (Fsp3) is 0.529. The Balaban J connectivity index is 3.30. The van der Waals surface area contributed by atoms with Crippen LogP contribution in [0.4, 0.5) is 0 Å². The molecule has 0 aliphatic carbocycles.